The Morgan fingerprint density at radius 3 is 2.56 bits per heavy atom. The number of hydrogen-bond donors (Lipinski definition) is 1. The van der Waals surface area contributed by atoms with Gasteiger partial charge in [0.1, 0.15) is 5.75 Å². The van der Waals surface area contributed by atoms with E-state index in [1.54, 1.807) is 19.1 Å². The highest BCUT2D eigenvalue weighted by Crippen LogP contribution is 2.36. The van der Waals surface area contributed by atoms with Crippen molar-refractivity contribution in [3.8, 4) is 5.75 Å². The molecular weight excluding hydrogens is 249 g/mol. The number of ether oxygens (including phenoxy) is 1. The van der Waals surface area contributed by atoms with Crippen LogP contribution in [0.5, 0.6) is 5.75 Å². The first kappa shape index (κ1) is 12.9. The Labute approximate surface area is 104 Å². The molecule has 5 heteroatoms. The van der Waals surface area contributed by atoms with Crippen molar-refractivity contribution in [2.75, 3.05) is 7.11 Å². The molecule has 1 aromatic carbocycles. The van der Waals surface area contributed by atoms with Crippen LogP contribution in [-0.4, -0.2) is 17.5 Å². The number of nitrogens with zero attached hydrogens (tertiary/aromatic N) is 1. The fraction of sp³-hybridized carbons (Fsp3) is 0.182. The van der Waals surface area contributed by atoms with E-state index in [4.69, 9.17) is 33.1 Å². The summed E-state index contributed by atoms with van der Waals surface area (Å²) < 4.78 is 5.18. The maximum Gasteiger partial charge on any atom is 0.176 e. The number of hydrogen-bond acceptors (Lipinski definition) is 3. The normalized spacial score (nSPS) is 11.4. The lowest BCUT2D eigenvalue weighted by Gasteiger charge is -2.13. The van der Waals surface area contributed by atoms with Crippen LogP contribution in [0.25, 0.3) is 5.57 Å². The summed E-state index contributed by atoms with van der Waals surface area (Å²) in [6, 6.07) is 3.27. The van der Waals surface area contributed by atoms with Crippen molar-refractivity contribution in [2.24, 2.45) is 5.16 Å². The molecule has 0 saturated carbocycles. The maximum atomic E-state index is 8.68. The predicted molar refractivity (Wildman–Crippen MR) is 66.9 cm³/mol. The smallest absolute Gasteiger partial charge is 0.176 e. The highest BCUT2D eigenvalue weighted by atomic mass is 35.5. The van der Waals surface area contributed by atoms with Crippen LogP contribution in [-0.2, 0) is 0 Å². The highest BCUT2D eigenvalue weighted by Gasteiger charge is 2.16. The first-order valence-corrected chi connectivity index (χ1v) is 5.18. The third-order valence-electron chi connectivity index (χ3n) is 2.05. The zero-order chi connectivity index (χ0) is 12.3. The van der Waals surface area contributed by atoms with E-state index in [-0.39, 0.29) is 5.17 Å². The van der Waals surface area contributed by atoms with Crippen molar-refractivity contribution < 1.29 is 9.94 Å². The van der Waals surface area contributed by atoms with Gasteiger partial charge in [-0.25, -0.2) is 0 Å². The summed E-state index contributed by atoms with van der Waals surface area (Å²) in [4.78, 5) is 0. The molecule has 86 valence electrons. The quantitative estimate of drug-likeness (QED) is 0.510. The number of halogens is 2. The van der Waals surface area contributed by atoms with Crippen molar-refractivity contribution in [2.45, 2.75) is 6.92 Å². The monoisotopic (exact) mass is 259 g/mol. The lowest BCUT2D eigenvalue weighted by molar-refractivity contribution is 0.321. The lowest BCUT2D eigenvalue weighted by Crippen LogP contribution is -2.01. The lowest BCUT2D eigenvalue weighted by atomic mass is 10.0. The van der Waals surface area contributed by atoms with Gasteiger partial charge >= 0.3 is 0 Å². The van der Waals surface area contributed by atoms with Crippen molar-refractivity contribution in [1.82, 2.24) is 0 Å². The molecule has 0 amide bonds. The van der Waals surface area contributed by atoms with Gasteiger partial charge in [-0.05, 0) is 24.6 Å². The average Bonchev–Trinajstić information content (AvgIpc) is 2.27. The first-order chi connectivity index (χ1) is 7.52. The molecule has 0 bridgehead atoms. The first-order valence-electron chi connectivity index (χ1n) is 4.43. The Balaban J connectivity index is 3.58. The third-order valence-corrected chi connectivity index (χ3v) is 2.63. The number of oxime groups is 1. The Morgan fingerprint density at radius 1 is 1.50 bits per heavy atom. The third kappa shape index (κ3) is 2.31. The van der Waals surface area contributed by atoms with Gasteiger partial charge in [0.2, 0.25) is 0 Å². The fourth-order valence-corrected chi connectivity index (χ4v) is 1.80. The van der Waals surface area contributed by atoms with Crippen LogP contribution >= 0.6 is 23.2 Å². The van der Waals surface area contributed by atoms with E-state index in [0.717, 1.165) is 5.57 Å². The molecule has 1 aromatic rings. The van der Waals surface area contributed by atoms with Gasteiger partial charge in [-0.15, -0.1) is 0 Å². The second kappa shape index (κ2) is 5.23. The van der Waals surface area contributed by atoms with Crippen LogP contribution in [0.1, 0.15) is 18.1 Å². The van der Waals surface area contributed by atoms with E-state index in [2.05, 4.69) is 11.7 Å². The molecule has 0 heterocycles. The molecule has 0 fully saturated rings. The van der Waals surface area contributed by atoms with Crippen molar-refractivity contribution in [3.05, 3.63) is 34.9 Å². The van der Waals surface area contributed by atoms with E-state index in [1.807, 2.05) is 0 Å². The fourth-order valence-electron chi connectivity index (χ4n) is 1.41. The largest absolute Gasteiger partial charge is 0.495 e. The van der Waals surface area contributed by atoms with Crippen LogP contribution < -0.4 is 4.74 Å². The minimum absolute atomic E-state index is 0.0343. The van der Waals surface area contributed by atoms with Crippen molar-refractivity contribution >= 4 is 33.9 Å². The molecule has 16 heavy (non-hydrogen) atoms. The topological polar surface area (TPSA) is 41.8 Å². The van der Waals surface area contributed by atoms with Gasteiger partial charge in [0.25, 0.3) is 0 Å². The number of methoxy groups -OCH3 is 1. The van der Waals surface area contributed by atoms with Crippen LogP contribution in [0.2, 0.25) is 5.02 Å². The standard InChI is InChI=1S/C11H11Cl2NO2/c1-6(2)9-7(11(13)14-15)4-5-8(12)10(9)16-3/h4-5,15H,1H2,2-3H3/b14-11+. The summed E-state index contributed by atoms with van der Waals surface area (Å²) in [5, 5.41) is 12.0. The van der Waals surface area contributed by atoms with Gasteiger partial charge in [-0.2, -0.15) is 0 Å². The number of benzene rings is 1. The Bertz CT molecular complexity index is 456. The van der Waals surface area contributed by atoms with Crippen molar-refractivity contribution in [3.63, 3.8) is 0 Å². The minimum atomic E-state index is -0.0343. The summed E-state index contributed by atoms with van der Waals surface area (Å²) >= 11 is 11.8. The van der Waals surface area contributed by atoms with Crippen LogP contribution in [0.4, 0.5) is 0 Å². The number of rotatable bonds is 3. The molecule has 0 radical (unpaired) electrons. The molecule has 0 spiro atoms. The van der Waals surface area contributed by atoms with Gasteiger partial charge in [-0.1, -0.05) is 34.9 Å². The molecule has 0 aliphatic heterocycles. The summed E-state index contributed by atoms with van der Waals surface area (Å²) in [5.41, 5.74) is 1.88. The molecule has 0 aliphatic rings. The Hall–Kier alpha value is -1.19. The summed E-state index contributed by atoms with van der Waals surface area (Å²) in [5.74, 6) is 0.466. The second-order valence-corrected chi connectivity index (χ2v) is 3.94. The zero-order valence-electron chi connectivity index (χ0n) is 8.92. The molecular formula is C11H11Cl2NO2. The van der Waals surface area contributed by atoms with Gasteiger partial charge in [-0.3, -0.25) is 0 Å². The highest BCUT2D eigenvalue weighted by molar-refractivity contribution is 6.69. The van der Waals surface area contributed by atoms with Crippen molar-refractivity contribution in [1.29, 1.82) is 0 Å². The van der Waals surface area contributed by atoms with E-state index in [0.29, 0.717) is 21.9 Å². The maximum absolute atomic E-state index is 8.68. The summed E-state index contributed by atoms with van der Waals surface area (Å²) in [6.07, 6.45) is 0. The summed E-state index contributed by atoms with van der Waals surface area (Å²) in [7, 11) is 1.50. The van der Waals surface area contributed by atoms with E-state index >= 15 is 0 Å². The molecule has 3 nitrogen and oxygen atoms in total. The summed E-state index contributed by atoms with van der Waals surface area (Å²) in [6.45, 7) is 5.61. The molecule has 1 rings (SSSR count). The van der Waals surface area contributed by atoms with Crippen LogP contribution in [0.15, 0.2) is 23.9 Å². The van der Waals surface area contributed by atoms with Gasteiger partial charge in [0.05, 0.1) is 12.1 Å². The van der Waals surface area contributed by atoms with E-state index < -0.39 is 0 Å². The predicted octanol–water partition coefficient (Wildman–Crippen LogP) is 3.76. The van der Waals surface area contributed by atoms with E-state index in [9.17, 15) is 0 Å². The van der Waals surface area contributed by atoms with Crippen LogP contribution in [0.3, 0.4) is 0 Å². The minimum Gasteiger partial charge on any atom is -0.495 e. The van der Waals surface area contributed by atoms with Gasteiger partial charge in [0, 0.05) is 11.1 Å². The molecule has 0 unspecified atom stereocenters. The zero-order valence-corrected chi connectivity index (χ0v) is 10.4. The van der Waals surface area contributed by atoms with E-state index in [1.165, 1.54) is 7.11 Å². The molecule has 0 atom stereocenters. The average molecular weight is 260 g/mol. The molecule has 1 N–H and O–H groups in total. The van der Waals surface area contributed by atoms with Gasteiger partial charge in [0.15, 0.2) is 5.17 Å². The van der Waals surface area contributed by atoms with Crippen LogP contribution in [0, 0.1) is 0 Å². The molecule has 0 aromatic heterocycles. The molecule has 0 aliphatic carbocycles. The molecule has 0 saturated heterocycles. The Morgan fingerprint density at radius 2 is 2.12 bits per heavy atom. The SMILES string of the molecule is C=C(C)c1c(/C(Cl)=N\O)ccc(Cl)c1OC. The second-order valence-electron chi connectivity index (χ2n) is 3.17. The van der Waals surface area contributed by atoms with Gasteiger partial charge < -0.3 is 9.94 Å². The number of allylic oxidation sites excluding steroid dienone is 1. The Kier molecular flexibility index (Phi) is 4.21.